The van der Waals surface area contributed by atoms with Gasteiger partial charge in [0.2, 0.25) is 10.0 Å². The van der Waals surface area contributed by atoms with E-state index in [1.54, 1.807) is 19.6 Å². The van der Waals surface area contributed by atoms with Crippen molar-refractivity contribution in [1.29, 1.82) is 0 Å². The van der Waals surface area contributed by atoms with Crippen LogP contribution in [0.25, 0.3) is 22.0 Å². The number of sulfonamides is 1. The summed E-state index contributed by atoms with van der Waals surface area (Å²) in [5, 5.41) is 29.3. The summed E-state index contributed by atoms with van der Waals surface area (Å²) >= 11 is 0. The second kappa shape index (κ2) is 17.8. The fraction of sp³-hybridized carbons (Fsp3) is 0.310. The van der Waals surface area contributed by atoms with Crippen molar-refractivity contribution in [3.63, 3.8) is 0 Å². The Morgan fingerprint density at radius 1 is 0.759 bits per heavy atom. The number of hydrogen-bond acceptors (Lipinski definition) is 10. The predicted molar refractivity (Wildman–Crippen MR) is 172 cm³/mol. The lowest BCUT2D eigenvalue weighted by atomic mass is 10.1. The first kappa shape index (κ1) is 44.3. The molecule has 0 radical (unpaired) electrons. The van der Waals surface area contributed by atoms with Crippen LogP contribution in [0.5, 0.6) is 0 Å². The molecule has 0 saturated carbocycles. The number of aromatic nitrogens is 4. The Morgan fingerprint density at radius 3 is 1.70 bits per heavy atom. The third-order valence-electron chi connectivity index (χ3n) is 6.81. The van der Waals surface area contributed by atoms with Gasteiger partial charge < -0.3 is 25.1 Å². The number of halogens is 9. The van der Waals surface area contributed by atoms with Crippen LogP contribution in [0.15, 0.2) is 61.2 Å². The molecule has 0 spiro atoms. The summed E-state index contributed by atoms with van der Waals surface area (Å²) in [6.07, 6.45) is -8.74. The molecule has 4 N–H and O–H groups in total. The number of fused-ring (bicyclic) bond motifs is 1. The lowest BCUT2D eigenvalue weighted by Gasteiger charge is -2.37. The van der Waals surface area contributed by atoms with Crippen LogP contribution >= 0.6 is 0 Å². The number of rotatable bonds is 5. The van der Waals surface area contributed by atoms with Crippen molar-refractivity contribution in [1.82, 2.24) is 20.2 Å². The second-order valence-electron chi connectivity index (χ2n) is 10.5. The molecule has 1 aliphatic heterocycles. The van der Waals surface area contributed by atoms with Crippen molar-refractivity contribution < 1.29 is 77.6 Å². The van der Waals surface area contributed by atoms with Gasteiger partial charge in [0.1, 0.15) is 12.1 Å². The van der Waals surface area contributed by atoms with Gasteiger partial charge in [-0.15, -0.1) is 0 Å². The van der Waals surface area contributed by atoms with E-state index in [4.69, 9.17) is 29.7 Å². The molecule has 296 valence electrons. The number of nitrogens with zero attached hydrogens (tertiary/aromatic N) is 6. The minimum Gasteiger partial charge on any atom is -0.475 e. The largest absolute Gasteiger partial charge is 0.490 e. The Kier molecular flexibility index (Phi) is 14.6. The second-order valence-corrected chi connectivity index (χ2v) is 12.6. The van der Waals surface area contributed by atoms with Gasteiger partial charge in [0.25, 0.3) is 0 Å². The molecular weight excluding hydrogens is 777 g/mol. The average molecular weight is 806 g/mol. The minimum absolute atomic E-state index is 0.658. The fourth-order valence-electron chi connectivity index (χ4n) is 4.14. The zero-order valence-corrected chi connectivity index (χ0v) is 28.3. The van der Waals surface area contributed by atoms with E-state index in [0.717, 1.165) is 59.7 Å². The third kappa shape index (κ3) is 13.3. The number of hydrogen-bond donors (Lipinski definition) is 4. The molecular formula is C29H28F9N7O8S. The van der Waals surface area contributed by atoms with Gasteiger partial charge in [-0.2, -0.15) is 44.6 Å². The first-order valence-corrected chi connectivity index (χ1v) is 16.3. The Balaban J connectivity index is 0.000000393. The maximum Gasteiger partial charge on any atom is 0.490 e. The molecule has 0 bridgehead atoms. The van der Waals surface area contributed by atoms with E-state index in [9.17, 15) is 47.9 Å². The number of benzene rings is 2. The highest BCUT2D eigenvalue weighted by Crippen LogP contribution is 2.30. The number of anilines is 3. The van der Waals surface area contributed by atoms with Crippen molar-refractivity contribution in [2.24, 2.45) is 0 Å². The van der Waals surface area contributed by atoms with E-state index in [2.05, 4.69) is 36.0 Å². The molecule has 0 unspecified atom stereocenters. The highest BCUT2D eigenvalue weighted by molar-refractivity contribution is 7.92. The Morgan fingerprint density at radius 2 is 1.26 bits per heavy atom. The fourth-order valence-corrected chi connectivity index (χ4v) is 4.63. The zero-order valence-electron chi connectivity index (χ0n) is 27.5. The van der Waals surface area contributed by atoms with E-state index in [-0.39, 0.29) is 0 Å². The van der Waals surface area contributed by atoms with E-state index >= 15 is 0 Å². The van der Waals surface area contributed by atoms with Crippen molar-refractivity contribution in [3.8, 4) is 11.1 Å². The minimum atomic E-state index is -5.08. The van der Waals surface area contributed by atoms with E-state index in [1.165, 1.54) is 10.6 Å². The van der Waals surface area contributed by atoms with Gasteiger partial charge >= 0.3 is 36.4 Å². The van der Waals surface area contributed by atoms with Gasteiger partial charge in [-0.1, -0.05) is 12.1 Å². The molecule has 4 aromatic rings. The van der Waals surface area contributed by atoms with Gasteiger partial charge in [0, 0.05) is 56.1 Å². The van der Waals surface area contributed by atoms with Crippen molar-refractivity contribution in [2.45, 2.75) is 18.5 Å². The van der Waals surface area contributed by atoms with Gasteiger partial charge in [-0.25, -0.2) is 32.8 Å². The first-order chi connectivity index (χ1) is 24.7. The monoisotopic (exact) mass is 805 g/mol. The Hall–Kier alpha value is -5.88. The quantitative estimate of drug-likeness (QED) is 0.203. The van der Waals surface area contributed by atoms with Crippen LogP contribution in [-0.2, 0) is 24.4 Å². The number of aromatic amines is 1. The molecule has 0 amide bonds. The standard InChI is InChI=1S/C23H25N7O2S.3C2HF3O2/c1-28(33(2,31)32)19-4-3-5-20(13-19)29-8-10-30(11-9-29)23-21-12-17(18-14-26-27-15-18)6-7-22(21)24-16-25-23;3*3-2(4,5)1(6)7/h3-7,12-16H,8-11H2,1-2H3,(H,26,27);3*(H,6,7). The maximum absolute atomic E-state index is 11.9. The Labute approximate surface area is 298 Å². The molecule has 0 aliphatic carbocycles. The van der Waals surface area contributed by atoms with E-state index < -0.39 is 46.5 Å². The van der Waals surface area contributed by atoms with Crippen LogP contribution in [-0.4, -0.2) is 120 Å². The first-order valence-electron chi connectivity index (χ1n) is 14.4. The number of aliphatic carboxylic acids is 3. The van der Waals surface area contributed by atoms with Crippen molar-refractivity contribution in [3.05, 3.63) is 61.2 Å². The normalized spacial score (nSPS) is 13.3. The van der Waals surface area contributed by atoms with Gasteiger partial charge in [-0.05, 0) is 35.9 Å². The number of nitrogens with one attached hydrogen (secondary N) is 1. The summed E-state index contributed by atoms with van der Waals surface area (Å²) in [5.41, 5.74) is 4.67. The topological polar surface area (TPSA) is 210 Å². The predicted octanol–water partition coefficient (Wildman–Crippen LogP) is 4.64. The van der Waals surface area contributed by atoms with Crippen molar-refractivity contribution >= 4 is 56.0 Å². The number of carboxylic acid groups (broad SMARTS) is 3. The van der Waals surface area contributed by atoms with Crippen LogP contribution in [0.4, 0.5) is 56.7 Å². The maximum atomic E-state index is 11.9. The SMILES string of the molecule is CN(c1cccc(N2CCN(c3ncnc4ccc(-c5cn[nH]c5)cc34)CC2)c1)S(C)(=O)=O.O=C(O)C(F)(F)F.O=C(O)C(F)(F)F.O=C(O)C(F)(F)F. The van der Waals surface area contributed by atoms with E-state index in [1.807, 2.05) is 42.6 Å². The van der Waals surface area contributed by atoms with Crippen LogP contribution in [0.3, 0.4) is 0 Å². The summed E-state index contributed by atoms with van der Waals surface area (Å²) in [5.74, 6) is -7.34. The molecule has 25 heteroatoms. The molecule has 54 heavy (non-hydrogen) atoms. The third-order valence-corrected chi connectivity index (χ3v) is 8.01. The summed E-state index contributed by atoms with van der Waals surface area (Å²) in [6.45, 7) is 3.21. The lowest BCUT2D eigenvalue weighted by molar-refractivity contribution is -0.193. The lowest BCUT2D eigenvalue weighted by Crippen LogP contribution is -2.47. The molecule has 15 nitrogen and oxygen atoms in total. The average Bonchev–Trinajstić information content (AvgIpc) is 3.62. The molecule has 0 atom stereocenters. The molecule has 2 aromatic carbocycles. The summed E-state index contributed by atoms with van der Waals surface area (Å²) in [4.78, 5) is 40.3. The van der Waals surface area contributed by atoms with E-state index in [0.29, 0.717) is 5.69 Å². The highest BCUT2D eigenvalue weighted by atomic mass is 32.2. The number of carbonyl (C=O) groups is 3. The van der Waals surface area contributed by atoms with Crippen LogP contribution in [0.2, 0.25) is 0 Å². The van der Waals surface area contributed by atoms with Crippen molar-refractivity contribution in [2.75, 3.05) is 53.6 Å². The van der Waals surface area contributed by atoms with Gasteiger partial charge in [-0.3, -0.25) is 9.40 Å². The van der Waals surface area contributed by atoms with Crippen LogP contribution < -0.4 is 14.1 Å². The molecule has 3 heterocycles. The van der Waals surface area contributed by atoms with Gasteiger partial charge in [0.15, 0.2) is 0 Å². The Bertz CT molecular complexity index is 1950. The zero-order chi connectivity index (χ0) is 41.2. The van der Waals surface area contributed by atoms with Crippen LogP contribution in [0.1, 0.15) is 0 Å². The molecule has 1 aliphatic rings. The highest BCUT2D eigenvalue weighted by Gasteiger charge is 2.39. The molecule has 1 fully saturated rings. The smallest absolute Gasteiger partial charge is 0.475 e. The van der Waals surface area contributed by atoms with Gasteiger partial charge in [0.05, 0.1) is 23.7 Å². The molecule has 1 saturated heterocycles. The summed E-state index contributed by atoms with van der Waals surface area (Å²) < 4.78 is 120. The number of alkyl halides is 9. The summed E-state index contributed by atoms with van der Waals surface area (Å²) in [7, 11) is -1.73. The number of piperazine rings is 1. The summed E-state index contributed by atoms with van der Waals surface area (Å²) in [6, 6.07) is 13.8. The molecule has 2 aromatic heterocycles. The number of H-pyrrole nitrogens is 1. The molecule has 5 rings (SSSR count). The number of carboxylic acids is 3. The van der Waals surface area contributed by atoms with Crippen LogP contribution in [0, 0.1) is 0 Å².